The summed E-state index contributed by atoms with van der Waals surface area (Å²) < 4.78 is 37.0. The van der Waals surface area contributed by atoms with Crippen molar-refractivity contribution in [2.45, 2.75) is 6.18 Å². The van der Waals surface area contributed by atoms with Crippen molar-refractivity contribution in [3.05, 3.63) is 53.2 Å². The summed E-state index contributed by atoms with van der Waals surface area (Å²) in [6.45, 7) is 0. The summed E-state index contributed by atoms with van der Waals surface area (Å²) in [5, 5.41) is 10.8. The molecule has 0 N–H and O–H groups in total. The van der Waals surface area contributed by atoms with Gasteiger partial charge in [-0.3, -0.25) is 0 Å². The molecule has 0 heterocycles. The van der Waals surface area contributed by atoms with Crippen molar-refractivity contribution in [1.82, 2.24) is 4.90 Å². The molecule has 0 aliphatic carbocycles. The fraction of sp³-hybridized carbons (Fsp3) is 0.214. The summed E-state index contributed by atoms with van der Waals surface area (Å²) in [4.78, 5) is 12.1. The van der Waals surface area contributed by atoms with Crippen molar-refractivity contribution >= 4 is 12.0 Å². The number of aliphatic carboxylic acids is 1. The van der Waals surface area contributed by atoms with Crippen LogP contribution in [-0.2, 0) is 11.0 Å². The number of carboxylic acid groups (broad SMARTS) is 1. The first-order valence-electron chi connectivity index (χ1n) is 5.66. The quantitative estimate of drug-likeness (QED) is 0.626. The van der Waals surface area contributed by atoms with E-state index in [4.69, 9.17) is 0 Å². The zero-order chi connectivity index (χ0) is 15.3. The van der Waals surface area contributed by atoms with Crippen molar-refractivity contribution in [3.63, 3.8) is 0 Å². The number of allylic oxidation sites excluding steroid dienone is 2. The normalized spacial score (nSPS) is 12.8. The van der Waals surface area contributed by atoms with Gasteiger partial charge < -0.3 is 14.8 Å². The smallest absolute Gasteiger partial charge is 0.416 e. The zero-order valence-electron chi connectivity index (χ0n) is 10.9. The number of alkyl halides is 3. The first-order chi connectivity index (χ1) is 9.21. The third-order valence-corrected chi connectivity index (χ3v) is 2.47. The van der Waals surface area contributed by atoms with Crippen LogP contribution in [0.25, 0.3) is 6.08 Å². The highest BCUT2D eigenvalue weighted by atomic mass is 19.4. The minimum absolute atomic E-state index is 0.0341. The third kappa shape index (κ3) is 4.46. The van der Waals surface area contributed by atoms with Crippen LogP contribution < -0.4 is 5.11 Å². The van der Waals surface area contributed by atoms with Crippen molar-refractivity contribution in [2.75, 3.05) is 14.1 Å². The highest BCUT2D eigenvalue weighted by Crippen LogP contribution is 2.29. The number of carbonyl (C=O) groups excluding carboxylic acids is 1. The van der Waals surface area contributed by atoms with E-state index in [0.717, 1.165) is 12.1 Å². The molecule has 20 heavy (non-hydrogen) atoms. The number of rotatable bonds is 4. The second-order valence-corrected chi connectivity index (χ2v) is 4.21. The maximum Gasteiger partial charge on any atom is 0.416 e. The van der Waals surface area contributed by atoms with E-state index < -0.39 is 17.7 Å². The summed E-state index contributed by atoms with van der Waals surface area (Å²) in [6, 6.07) is 4.55. The fourth-order valence-corrected chi connectivity index (χ4v) is 1.43. The molecule has 1 aromatic rings. The Morgan fingerprint density at radius 2 is 1.75 bits per heavy atom. The molecular formula is C14H13F3NO2-. The first-order valence-corrected chi connectivity index (χ1v) is 5.66. The molecular weight excluding hydrogens is 271 g/mol. The molecule has 0 aliphatic rings. The van der Waals surface area contributed by atoms with Gasteiger partial charge in [-0.25, -0.2) is 0 Å². The molecule has 0 spiro atoms. The van der Waals surface area contributed by atoms with Crippen molar-refractivity contribution in [1.29, 1.82) is 0 Å². The Balaban J connectivity index is 2.86. The standard InChI is InChI=1S/C14H14F3NO2/c1-18(2)12(13(19)20)5-3-4-10-6-8-11(9-7-10)14(15,16)17/h3-9H,1-2H3,(H,19,20)/p-1. The third-order valence-electron chi connectivity index (χ3n) is 2.47. The van der Waals surface area contributed by atoms with Gasteiger partial charge in [0.2, 0.25) is 0 Å². The Morgan fingerprint density at radius 3 is 2.15 bits per heavy atom. The molecule has 3 nitrogen and oxygen atoms in total. The van der Waals surface area contributed by atoms with E-state index in [1.165, 1.54) is 35.3 Å². The molecule has 0 aromatic heterocycles. The van der Waals surface area contributed by atoms with Gasteiger partial charge in [0.25, 0.3) is 0 Å². The maximum atomic E-state index is 12.3. The first kappa shape index (κ1) is 15.8. The van der Waals surface area contributed by atoms with Gasteiger partial charge in [-0.05, 0) is 23.8 Å². The maximum absolute atomic E-state index is 12.3. The molecule has 0 saturated heterocycles. The summed E-state index contributed by atoms with van der Waals surface area (Å²) in [6.07, 6.45) is -0.109. The van der Waals surface area contributed by atoms with Gasteiger partial charge in [-0.2, -0.15) is 13.2 Å². The van der Waals surface area contributed by atoms with Crippen LogP contribution in [0.4, 0.5) is 13.2 Å². The molecule has 0 amide bonds. The Hall–Kier alpha value is -2.24. The highest BCUT2D eigenvalue weighted by Gasteiger charge is 2.29. The highest BCUT2D eigenvalue weighted by molar-refractivity contribution is 5.84. The average Bonchev–Trinajstić information content (AvgIpc) is 2.33. The molecule has 0 unspecified atom stereocenters. The molecule has 1 rings (SSSR count). The summed E-state index contributed by atoms with van der Waals surface area (Å²) in [5.74, 6) is -1.33. The lowest BCUT2D eigenvalue weighted by Gasteiger charge is -2.16. The van der Waals surface area contributed by atoms with E-state index in [0.29, 0.717) is 5.56 Å². The monoisotopic (exact) mass is 284 g/mol. The lowest BCUT2D eigenvalue weighted by molar-refractivity contribution is -0.300. The van der Waals surface area contributed by atoms with E-state index in [9.17, 15) is 23.1 Å². The van der Waals surface area contributed by atoms with Gasteiger partial charge in [0.1, 0.15) is 0 Å². The number of carbonyl (C=O) groups is 1. The number of likely N-dealkylation sites (N-methyl/N-ethyl adjacent to an activating group) is 1. The summed E-state index contributed by atoms with van der Waals surface area (Å²) in [5.41, 5.74) is -0.229. The van der Waals surface area contributed by atoms with Crippen LogP contribution in [0.2, 0.25) is 0 Å². The van der Waals surface area contributed by atoms with Gasteiger partial charge in [0.15, 0.2) is 0 Å². The Morgan fingerprint density at radius 1 is 1.20 bits per heavy atom. The van der Waals surface area contributed by atoms with E-state index >= 15 is 0 Å². The van der Waals surface area contributed by atoms with Crippen molar-refractivity contribution < 1.29 is 23.1 Å². The topological polar surface area (TPSA) is 43.4 Å². The van der Waals surface area contributed by atoms with Gasteiger partial charge in [-0.1, -0.05) is 24.3 Å². The fourth-order valence-electron chi connectivity index (χ4n) is 1.43. The van der Waals surface area contributed by atoms with Crippen molar-refractivity contribution in [2.24, 2.45) is 0 Å². The zero-order valence-corrected chi connectivity index (χ0v) is 10.9. The summed E-state index contributed by atoms with van der Waals surface area (Å²) >= 11 is 0. The lowest BCUT2D eigenvalue weighted by atomic mass is 10.1. The second kappa shape index (κ2) is 6.27. The van der Waals surface area contributed by atoms with E-state index in [1.807, 2.05) is 0 Å². The molecule has 0 saturated carbocycles. The van der Waals surface area contributed by atoms with Gasteiger partial charge in [-0.15, -0.1) is 0 Å². The van der Waals surface area contributed by atoms with Crippen LogP contribution in [0.5, 0.6) is 0 Å². The Bertz CT molecular complexity index is 528. The number of halogens is 3. The van der Waals surface area contributed by atoms with E-state index in [2.05, 4.69) is 0 Å². The van der Waals surface area contributed by atoms with Gasteiger partial charge >= 0.3 is 6.18 Å². The van der Waals surface area contributed by atoms with Crippen LogP contribution in [0, 0.1) is 0 Å². The van der Waals surface area contributed by atoms with Crippen molar-refractivity contribution in [3.8, 4) is 0 Å². The van der Waals surface area contributed by atoms with Gasteiger partial charge in [0.05, 0.1) is 17.2 Å². The molecule has 6 heteroatoms. The Labute approximate surface area is 114 Å². The average molecular weight is 284 g/mol. The van der Waals surface area contributed by atoms with Crippen LogP contribution in [0.15, 0.2) is 42.1 Å². The predicted molar refractivity (Wildman–Crippen MR) is 67.3 cm³/mol. The van der Waals surface area contributed by atoms with Gasteiger partial charge in [0, 0.05) is 14.1 Å². The Kier molecular flexibility index (Phi) is 4.96. The summed E-state index contributed by atoms with van der Waals surface area (Å²) in [7, 11) is 3.10. The number of nitrogens with zero attached hydrogens (tertiary/aromatic N) is 1. The molecule has 0 aliphatic heterocycles. The molecule has 1 aromatic carbocycles. The largest absolute Gasteiger partial charge is 0.543 e. The molecule has 0 radical (unpaired) electrons. The SMILES string of the molecule is CN(C)C(=CC=Cc1ccc(C(F)(F)F)cc1)C(=O)[O-]. The van der Waals surface area contributed by atoms with E-state index in [-0.39, 0.29) is 5.70 Å². The molecule has 0 atom stereocenters. The van der Waals surface area contributed by atoms with Crippen LogP contribution >= 0.6 is 0 Å². The molecule has 108 valence electrons. The number of benzene rings is 1. The number of carboxylic acids is 1. The number of hydrogen-bond acceptors (Lipinski definition) is 3. The molecule has 0 fully saturated rings. The van der Waals surface area contributed by atoms with Crippen LogP contribution in [-0.4, -0.2) is 25.0 Å². The van der Waals surface area contributed by atoms with Crippen LogP contribution in [0.3, 0.4) is 0 Å². The lowest BCUT2D eigenvalue weighted by Crippen LogP contribution is -2.31. The van der Waals surface area contributed by atoms with Crippen LogP contribution in [0.1, 0.15) is 11.1 Å². The number of hydrogen-bond donors (Lipinski definition) is 0. The molecule has 0 bridgehead atoms. The predicted octanol–water partition coefficient (Wildman–Crippen LogP) is 1.91. The minimum Gasteiger partial charge on any atom is -0.543 e. The minimum atomic E-state index is -4.37. The van der Waals surface area contributed by atoms with E-state index in [1.54, 1.807) is 14.1 Å². The second-order valence-electron chi connectivity index (χ2n) is 4.21.